The molecule has 0 bridgehead atoms. The van der Waals surface area contributed by atoms with Crippen molar-refractivity contribution in [3.05, 3.63) is 41.3 Å². The molecular formula is C17H20FN5O2S. The van der Waals surface area contributed by atoms with Crippen LogP contribution in [-0.2, 0) is 4.79 Å². The first kappa shape index (κ1) is 19.5. The minimum absolute atomic E-state index is 0.217. The van der Waals surface area contributed by atoms with Crippen LogP contribution in [0.4, 0.5) is 15.9 Å². The summed E-state index contributed by atoms with van der Waals surface area (Å²) in [6, 6.07) is 4.35. The molecule has 26 heavy (non-hydrogen) atoms. The number of anilines is 2. The van der Waals surface area contributed by atoms with Gasteiger partial charge < -0.3 is 21.5 Å². The average molecular weight is 377 g/mol. The number of fused-ring (bicyclic) bond motifs is 1. The van der Waals surface area contributed by atoms with Crippen molar-refractivity contribution < 1.29 is 13.9 Å². The van der Waals surface area contributed by atoms with Crippen molar-refractivity contribution in [2.75, 3.05) is 11.9 Å². The Labute approximate surface area is 154 Å². The lowest BCUT2D eigenvalue weighted by Crippen LogP contribution is -2.23. The van der Waals surface area contributed by atoms with E-state index in [0.717, 1.165) is 15.8 Å². The summed E-state index contributed by atoms with van der Waals surface area (Å²) in [4.78, 5) is 18.1. The van der Waals surface area contributed by atoms with Gasteiger partial charge in [0.15, 0.2) is 0 Å². The number of ether oxygens (including phenoxy) is 1. The predicted octanol–water partition coefficient (Wildman–Crippen LogP) is 2.71. The Morgan fingerprint density at radius 3 is 2.85 bits per heavy atom. The molecule has 2 heterocycles. The summed E-state index contributed by atoms with van der Waals surface area (Å²) in [6.45, 7) is 4.18. The number of rotatable bonds is 5. The number of benzene rings is 1. The highest BCUT2D eigenvalue weighted by Gasteiger charge is 2.13. The van der Waals surface area contributed by atoms with Gasteiger partial charge in [0.25, 0.3) is 0 Å². The fourth-order valence-electron chi connectivity index (χ4n) is 2.20. The maximum Gasteiger partial charge on any atom is 0.204 e. The second-order valence-corrected chi connectivity index (χ2v) is 6.24. The standard InChI is InChI=1S/C16H17FN4OS.CH3NO/c1-9-7-23-16-14(9)15(19-8-20-16)21-12-4-3-11(17)5-13(12)22-10(2)6-18;2-1-3/h3-5,7-8,10H,6,18H2,1-2H3,(H,19,20,21);1H,(H2,2,3). The number of amides is 1. The summed E-state index contributed by atoms with van der Waals surface area (Å²) in [6.07, 6.45) is 1.54. The highest BCUT2D eigenvalue weighted by atomic mass is 32.1. The van der Waals surface area contributed by atoms with Gasteiger partial charge in [-0.25, -0.2) is 14.4 Å². The summed E-state index contributed by atoms with van der Waals surface area (Å²) in [5, 5.41) is 6.21. The van der Waals surface area contributed by atoms with Crippen LogP contribution in [0.15, 0.2) is 29.9 Å². The Morgan fingerprint density at radius 2 is 2.15 bits per heavy atom. The smallest absolute Gasteiger partial charge is 0.204 e. The maximum absolute atomic E-state index is 13.5. The van der Waals surface area contributed by atoms with Crippen LogP contribution in [0, 0.1) is 12.7 Å². The summed E-state index contributed by atoms with van der Waals surface area (Å²) in [5.74, 6) is 0.711. The SMILES string of the molecule is Cc1csc2ncnc(Nc3ccc(F)cc3OC(C)CN)c12.NC=O. The van der Waals surface area contributed by atoms with Gasteiger partial charge in [-0.15, -0.1) is 11.3 Å². The lowest BCUT2D eigenvalue weighted by molar-refractivity contribution is -0.106. The molecule has 0 radical (unpaired) electrons. The van der Waals surface area contributed by atoms with Crippen LogP contribution in [0.2, 0.25) is 0 Å². The van der Waals surface area contributed by atoms with Crippen LogP contribution in [0.3, 0.4) is 0 Å². The maximum atomic E-state index is 13.5. The zero-order valence-electron chi connectivity index (χ0n) is 14.4. The molecule has 0 saturated carbocycles. The van der Waals surface area contributed by atoms with Crippen LogP contribution in [-0.4, -0.2) is 29.0 Å². The molecule has 0 fully saturated rings. The van der Waals surface area contributed by atoms with E-state index in [0.29, 0.717) is 23.8 Å². The molecule has 0 saturated heterocycles. The van der Waals surface area contributed by atoms with Gasteiger partial charge in [0.2, 0.25) is 6.41 Å². The van der Waals surface area contributed by atoms with Crippen molar-refractivity contribution in [2.24, 2.45) is 11.5 Å². The lowest BCUT2D eigenvalue weighted by Gasteiger charge is -2.17. The van der Waals surface area contributed by atoms with Gasteiger partial charge in [0, 0.05) is 12.6 Å². The molecule has 0 aliphatic heterocycles. The van der Waals surface area contributed by atoms with Crippen molar-refractivity contribution in [3.8, 4) is 5.75 Å². The molecule has 1 amide bonds. The minimum Gasteiger partial charge on any atom is -0.487 e. The molecule has 0 aliphatic carbocycles. The van der Waals surface area contributed by atoms with Crippen LogP contribution in [0.5, 0.6) is 5.75 Å². The molecule has 138 valence electrons. The quantitative estimate of drug-likeness (QED) is 0.589. The zero-order valence-corrected chi connectivity index (χ0v) is 15.2. The number of nitrogens with one attached hydrogen (secondary N) is 1. The van der Waals surface area contributed by atoms with Crippen LogP contribution < -0.4 is 21.5 Å². The Bertz CT molecular complexity index is 887. The monoisotopic (exact) mass is 377 g/mol. The molecule has 7 nitrogen and oxygen atoms in total. The third-order valence-corrected chi connectivity index (χ3v) is 4.42. The van der Waals surface area contributed by atoms with Gasteiger partial charge >= 0.3 is 0 Å². The highest BCUT2D eigenvalue weighted by Crippen LogP contribution is 2.34. The second-order valence-electron chi connectivity index (χ2n) is 5.39. The van der Waals surface area contributed by atoms with Gasteiger partial charge in [-0.3, -0.25) is 4.79 Å². The van der Waals surface area contributed by atoms with Crippen molar-refractivity contribution in [1.29, 1.82) is 0 Å². The molecule has 5 N–H and O–H groups in total. The highest BCUT2D eigenvalue weighted by molar-refractivity contribution is 7.17. The molecule has 2 aromatic heterocycles. The summed E-state index contributed by atoms with van der Waals surface area (Å²) in [7, 11) is 0. The van der Waals surface area contributed by atoms with Crippen LogP contribution >= 0.6 is 11.3 Å². The van der Waals surface area contributed by atoms with Crippen LogP contribution in [0.1, 0.15) is 12.5 Å². The average Bonchev–Trinajstić information content (AvgIpc) is 3.00. The molecule has 9 heteroatoms. The fourth-order valence-corrected chi connectivity index (χ4v) is 3.09. The number of hydrogen-bond donors (Lipinski definition) is 3. The topological polar surface area (TPSA) is 116 Å². The number of halogens is 1. The van der Waals surface area contributed by atoms with E-state index in [1.807, 2.05) is 19.2 Å². The van der Waals surface area contributed by atoms with Crippen molar-refractivity contribution >= 4 is 39.5 Å². The van der Waals surface area contributed by atoms with Gasteiger partial charge in [-0.2, -0.15) is 0 Å². The molecule has 0 aliphatic rings. The first-order chi connectivity index (χ1) is 12.5. The molecule has 3 rings (SSSR count). The second kappa shape index (κ2) is 9.07. The summed E-state index contributed by atoms with van der Waals surface area (Å²) >= 11 is 1.56. The van der Waals surface area contributed by atoms with E-state index in [4.69, 9.17) is 15.3 Å². The Morgan fingerprint density at radius 1 is 1.42 bits per heavy atom. The molecule has 1 unspecified atom stereocenters. The molecular weight excluding hydrogens is 357 g/mol. The van der Waals surface area contributed by atoms with E-state index in [-0.39, 0.29) is 18.3 Å². The Balaban J connectivity index is 0.000000758. The van der Waals surface area contributed by atoms with E-state index < -0.39 is 0 Å². The normalized spacial score (nSPS) is 11.4. The number of thiophene rings is 1. The Kier molecular flexibility index (Phi) is 6.81. The number of primary amides is 1. The third-order valence-electron chi connectivity index (χ3n) is 3.41. The summed E-state index contributed by atoms with van der Waals surface area (Å²) < 4.78 is 19.2. The number of hydrogen-bond acceptors (Lipinski definition) is 7. The molecule has 1 atom stereocenters. The van der Waals surface area contributed by atoms with Gasteiger partial charge in [0.05, 0.1) is 11.1 Å². The van der Waals surface area contributed by atoms with Gasteiger partial charge in [-0.1, -0.05) is 0 Å². The first-order valence-electron chi connectivity index (χ1n) is 7.77. The third kappa shape index (κ3) is 4.64. The minimum atomic E-state index is -0.366. The number of carbonyl (C=O) groups excluding carboxylic acids is 1. The van der Waals surface area contributed by atoms with E-state index in [1.54, 1.807) is 17.4 Å². The Hall–Kier alpha value is -2.78. The van der Waals surface area contributed by atoms with E-state index in [9.17, 15) is 4.39 Å². The molecule has 0 spiro atoms. The van der Waals surface area contributed by atoms with E-state index in [2.05, 4.69) is 21.0 Å². The number of aromatic nitrogens is 2. The number of nitrogens with zero attached hydrogens (tertiary/aromatic N) is 2. The fraction of sp³-hybridized carbons (Fsp3) is 0.235. The van der Waals surface area contributed by atoms with Crippen molar-refractivity contribution in [3.63, 3.8) is 0 Å². The van der Waals surface area contributed by atoms with Crippen molar-refractivity contribution in [1.82, 2.24) is 9.97 Å². The van der Waals surface area contributed by atoms with E-state index >= 15 is 0 Å². The van der Waals surface area contributed by atoms with Crippen molar-refractivity contribution in [2.45, 2.75) is 20.0 Å². The van der Waals surface area contributed by atoms with Crippen LogP contribution in [0.25, 0.3) is 10.2 Å². The number of aryl methyl sites for hydroxylation is 1. The lowest BCUT2D eigenvalue weighted by atomic mass is 10.2. The molecule has 3 aromatic rings. The molecule has 1 aromatic carbocycles. The van der Waals surface area contributed by atoms with Gasteiger partial charge in [0.1, 0.15) is 34.6 Å². The number of nitrogens with two attached hydrogens (primary N) is 2. The predicted molar refractivity (Wildman–Crippen MR) is 101 cm³/mol. The summed E-state index contributed by atoms with van der Waals surface area (Å²) in [5.41, 5.74) is 11.5. The largest absolute Gasteiger partial charge is 0.487 e. The van der Waals surface area contributed by atoms with E-state index in [1.165, 1.54) is 18.5 Å². The first-order valence-corrected chi connectivity index (χ1v) is 8.65. The number of carbonyl (C=O) groups is 1. The zero-order chi connectivity index (χ0) is 19.1. The van der Waals surface area contributed by atoms with Gasteiger partial charge in [-0.05, 0) is 36.9 Å².